The average Bonchev–Trinajstić information content (AvgIpc) is 3.54. The summed E-state index contributed by atoms with van der Waals surface area (Å²) in [5, 5.41) is 0. The summed E-state index contributed by atoms with van der Waals surface area (Å²) < 4.78 is 106. The Morgan fingerprint density at radius 3 is 1.25 bits per heavy atom. The van der Waals surface area contributed by atoms with E-state index in [1.54, 1.807) is 12.1 Å². The van der Waals surface area contributed by atoms with Crippen LogP contribution in [0.3, 0.4) is 0 Å². The molecule has 0 saturated heterocycles. The van der Waals surface area contributed by atoms with Gasteiger partial charge < -0.3 is 28.7 Å². The van der Waals surface area contributed by atoms with Gasteiger partial charge in [-0.1, -0.05) is 89.8 Å². The molecule has 0 spiro atoms. The maximum atomic E-state index is 14.8. The number of para-hydroxylation sites is 2. The van der Waals surface area contributed by atoms with Gasteiger partial charge in [0.25, 0.3) is 0 Å². The Morgan fingerprint density at radius 2 is 0.958 bits per heavy atom. The molecule has 4 aromatic carbocycles. The molecule has 0 radical (unpaired) electrons. The van der Waals surface area contributed by atoms with Crippen LogP contribution in [0.15, 0.2) is 105 Å². The van der Waals surface area contributed by atoms with E-state index in [4.69, 9.17) is 9.47 Å². The number of esters is 2. The molecule has 2 heterocycles. The molecule has 0 aliphatic carbocycles. The van der Waals surface area contributed by atoms with Crippen LogP contribution in [0.4, 0.5) is 31.5 Å². The van der Waals surface area contributed by atoms with Crippen molar-refractivity contribution < 1.29 is 54.2 Å². The lowest BCUT2D eigenvalue weighted by molar-refractivity contribution is -0.156. The summed E-state index contributed by atoms with van der Waals surface area (Å²) in [6, 6.07) is 26.1. The molecule has 0 N–H and O–H groups in total. The minimum Gasteiger partial charge on any atom is -0.488 e. The van der Waals surface area contributed by atoms with Gasteiger partial charge in [-0.3, -0.25) is 0 Å². The third-order valence-corrected chi connectivity index (χ3v) is 19.2. The number of rotatable bonds is 20. The number of carbonyl (C=O) groups is 2. The Balaban J connectivity index is 0.000000267. The molecule has 0 saturated carbocycles. The number of anilines is 4. The molecule has 0 aromatic heterocycles. The first kappa shape index (κ1) is 58.4. The summed E-state index contributed by atoms with van der Waals surface area (Å²) in [5.41, 5.74) is -2.60. The Hall–Kier alpha value is -4.52. The normalized spacial score (nSPS) is 20.7. The number of thioether (sulfide) groups is 2. The van der Waals surface area contributed by atoms with Gasteiger partial charge in [0, 0.05) is 47.4 Å². The highest BCUT2D eigenvalue weighted by molar-refractivity contribution is 7.99. The number of carbonyl (C=O) groups excluding carboxylic acids is 2. The van der Waals surface area contributed by atoms with Crippen LogP contribution in [0.2, 0.25) is 0 Å². The third-order valence-electron chi connectivity index (χ3n) is 13.7. The maximum absolute atomic E-state index is 14.8. The summed E-state index contributed by atoms with van der Waals surface area (Å²) >= 11 is 2.74. The first-order chi connectivity index (χ1) is 34.0. The number of halogens is 2. The second kappa shape index (κ2) is 24.7. The number of nitrogens with zero attached hydrogens (tertiary/aromatic N) is 2. The smallest absolute Gasteiger partial charge is 0.346 e. The maximum Gasteiger partial charge on any atom is 0.346 e. The largest absolute Gasteiger partial charge is 0.488 e. The number of alkyl halides is 2. The standard InChI is InChI=1S/2C27H36FNO5S2/c2*1-6-8-14-27(7-2)17-29(20-12-10-9-11-13-20)21-15-23(35-5)22(16-24(21)36(31,32)19-27)34-18-26(3,28)25(30)33-4/h2*9-13,15-16H,6-8,14,17-19H2,1-5H3/t2*26-,27?/m10/s1. The molecule has 4 atom stereocenters. The number of sulfone groups is 2. The van der Waals surface area contributed by atoms with Crippen molar-refractivity contribution in [2.24, 2.45) is 10.8 Å². The Labute approximate surface area is 435 Å². The fourth-order valence-electron chi connectivity index (χ4n) is 9.25. The molecule has 12 nitrogen and oxygen atoms in total. The van der Waals surface area contributed by atoms with Gasteiger partial charge in [0.2, 0.25) is 11.3 Å². The molecule has 0 bridgehead atoms. The van der Waals surface area contributed by atoms with Crippen molar-refractivity contribution in [2.45, 2.75) is 124 Å². The molecule has 2 aliphatic heterocycles. The summed E-state index contributed by atoms with van der Waals surface area (Å²) in [7, 11) is -5.20. The average molecular weight is 1080 g/mol. The summed E-state index contributed by atoms with van der Waals surface area (Å²) in [6.45, 7) is 10.4. The van der Waals surface area contributed by atoms with E-state index in [1.807, 2.05) is 73.2 Å². The van der Waals surface area contributed by atoms with Crippen molar-refractivity contribution in [3.8, 4) is 11.5 Å². The van der Waals surface area contributed by atoms with Crippen LogP contribution in [-0.4, -0.2) is 105 Å². The highest BCUT2D eigenvalue weighted by Crippen LogP contribution is 2.49. The molecular formula is C54H72F2N2O10S4. The molecule has 18 heteroatoms. The van der Waals surface area contributed by atoms with E-state index in [2.05, 4.69) is 47.0 Å². The van der Waals surface area contributed by atoms with Crippen LogP contribution in [0.1, 0.15) is 92.9 Å². The van der Waals surface area contributed by atoms with Crippen molar-refractivity contribution in [1.82, 2.24) is 0 Å². The lowest BCUT2D eigenvalue weighted by atomic mass is 9.81. The molecule has 2 aliphatic rings. The summed E-state index contributed by atoms with van der Waals surface area (Å²) in [5.74, 6) is -1.60. The van der Waals surface area contributed by atoms with Gasteiger partial charge in [0.1, 0.15) is 24.7 Å². The molecule has 0 fully saturated rings. The van der Waals surface area contributed by atoms with E-state index in [-0.39, 0.29) is 32.8 Å². The van der Waals surface area contributed by atoms with E-state index < -0.39 is 67.0 Å². The number of hydrogen-bond acceptors (Lipinski definition) is 14. The van der Waals surface area contributed by atoms with Gasteiger partial charge >= 0.3 is 11.9 Å². The van der Waals surface area contributed by atoms with Crippen molar-refractivity contribution >= 4 is 77.9 Å². The van der Waals surface area contributed by atoms with E-state index in [0.29, 0.717) is 34.3 Å². The van der Waals surface area contributed by atoms with Crippen LogP contribution in [0.25, 0.3) is 0 Å². The number of methoxy groups -OCH3 is 2. The monoisotopic (exact) mass is 1070 g/mol. The lowest BCUT2D eigenvalue weighted by Gasteiger charge is -2.36. The van der Waals surface area contributed by atoms with E-state index in [0.717, 1.165) is 90.8 Å². The van der Waals surface area contributed by atoms with Gasteiger partial charge in [0.15, 0.2) is 19.7 Å². The van der Waals surface area contributed by atoms with E-state index >= 15 is 0 Å². The Bertz CT molecular complexity index is 2530. The molecule has 2 unspecified atom stereocenters. The minimum absolute atomic E-state index is 0.0217. The zero-order chi connectivity index (χ0) is 53.1. The van der Waals surface area contributed by atoms with Crippen LogP contribution in [0, 0.1) is 10.8 Å². The zero-order valence-electron chi connectivity index (χ0n) is 43.3. The van der Waals surface area contributed by atoms with Gasteiger partial charge in [-0.05, 0) is 88.4 Å². The quantitative estimate of drug-likeness (QED) is 0.0611. The highest BCUT2D eigenvalue weighted by atomic mass is 32.2. The van der Waals surface area contributed by atoms with Crippen molar-refractivity contribution in [3.05, 3.63) is 84.9 Å². The van der Waals surface area contributed by atoms with Gasteiger partial charge in [0.05, 0.1) is 56.7 Å². The Kier molecular flexibility index (Phi) is 20.0. The number of unbranched alkanes of at least 4 members (excludes halogenated alkanes) is 2. The molecule has 396 valence electrons. The van der Waals surface area contributed by atoms with Gasteiger partial charge in [-0.25, -0.2) is 35.2 Å². The third kappa shape index (κ3) is 13.6. The number of benzene rings is 4. The fraction of sp³-hybridized carbons (Fsp3) is 0.519. The van der Waals surface area contributed by atoms with E-state index in [9.17, 15) is 35.2 Å². The van der Waals surface area contributed by atoms with Crippen molar-refractivity contribution in [3.63, 3.8) is 0 Å². The summed E-state index contributed by atoms with van der Waals surface area (Å²) in [4.78, 5) is 29.4. The van der Waals surface area contributed by atoms with Crippen LogP contribution < -0.4 is 19.3 Å². The van der Waals surface area contributed by atoms with Crippen LogP contribution in [0.5, 0.6) is 11.5 Å². The molecular weight excluding hydrogens is 1000 g/mol. The molecule has 6 rings (SSSR count). The fourth-order valence-corrected chi connectivity index (χ4v) is 14.7. The zero-order valence-corrected chi connectivity index (χ0v) is 46.6. The second-order valence-corrected chi connectivity index (χ2v) is 24.8. The summed E-state index contributed by atoms with van der Waals surface area (Å²) in [6.07, 6.45) is 10.6. The first-order valence-corrected chi connectivity index (χ1v) is 30.1. The number of fused-ring (bicyclic) bond motifs is 2. The van der Waals surface area contributed by atoms with Gasteiger partial charge in [-0.2, -0.15) is 0 Å². The molecule has 4 aromatic rings. The predicted molar refractivity (Wildman–Crippen MR) is 286 cm³/mol. The van der Waals surface area contributed by atoms with Gasteiger partial charge in [-0.15, -0.1) is 23.5 Å². The minimum atomic E-state index is -3.71. The van der Waals surface area contributed by atoms with Crippen LogP contribution >= 0.6 is 23.5 Å². The van der Waals surface area contributed by atoms with Crippen molar-refractivity contribution in [2.75, 3.05) is 74.3 Å². The predicted octanol–water partition coefficient (Wildman–Crippen LogP) is 12.4. The number of hydrogen-bond donors (Lipinski definition) is 0. The molecule has 0 amide bonds. The van der Waals surface area contributed by atoms with E-state index in [1.165, 1.54) is 35.7 Å². The topological polar surface area (TPSA) is 146 Å². The van der Waals surface area contributed by atoms with Crippen LogP contribution in [-0.2, 0) is 38.7 Å². The lowest BCUT2D eigenvalue weighted by Crippen LogP contribution is -2.38. The number of ether oxygens (including phenoxy) is 4. The first-order valence-electron chi connectivity index (χ1n) is 24.4. The molecule has 72 heavy (non-hydrogen) atoms. The second-order valence-electron chi connectivity index (χ2n) is 19.2. The highest BCUT2D eigenvalue weighted by Gasteiger charge is 2.44. The van der Waals surface area contributed by atoms with Crippen molar-refractivity contribution in [1.29, 1.82) is 0 Å². The SMILES string of the molecule is CCCCC1(CC)CN(c2ccccc2)c2cc(SC)c(OC[C@@](C)(F)C(=O)OC)cc2S(=O)(=O)C1.CCCCC1(CC)CN(c2ccccc2)c2cc(SC)c(OC[C@](C)(F)C(=O)OC)cc2S(=O)(=O)C1. The Morgan fingerprint density at radius 1 is 0.611 bits per heavy atom.